The van der Waals surface area contributed by atoms with Crippen molar-refractivity contribution in [3.05, 3.63) is 35.9 Å². The van der Waals surface area contributed by atoms with Crippen LogP contribution in [0.5, 0.6) is 0 Å². The second-order valence-electron chi connectivity index (χ2n) is 4.41. The lowest BCUT2D eigenvalue weighted by molar-refractivity contribution is -0.134. The van der Waals surface area contributed by atoms with Crippen LogP contribution in [0.15, 0.2) is 30.3 Å². The molecule has 0 saturated carbocycles. The number of likely N-dealkylation sites (N-methyl/N-ethyl adjacent to an activating group) is 1. The molecule has 1 aromatic rings. The summed E-state index contributed by atoms with van der Waals surface area (Å²) in [6.07, 6.45) is 0. The monoisotopic (exact) mass is 283 g/mol. The minimum absolute atomic E-state index is 0.151. The summed E-state index contributed by atoms with van der Waals surface area (Å²) in [5.74, 6) is 0.151. The number of hydrogen-bond donors (Lipinski definition) is 0. The fourth-order valence-electron chi connectivity index (χ4n) is 1.68. The van der Waals surface area contributed by atoms with Gasteiger partial charge in [-0.15, -0.1) is 0 Å². The van der Waals surface area contributed by atoms with E-state index in [0.717, 1.165) is 17.4 Å². The van der Waals surface area contributed by atoms with Crippen LogP contribution in [0.2, 0.25) is 0 Å². The van der Waals surface area contributed by atoms with E-state index in [4.69, 9.17) is 0 Å². The lowest BCUT2D eigenvalue weighted by atomic mass is 9.83. The molecule has 88 valence electrons. The quantitative estimate of drug-likeness (QED) is 0.779. The first-order valence-corrected chi connectivity index (χ1v) is 6.49. The van der Waals surface area contributed by atoms with Gasteiger partial charge in [0, 0.05) is 18.9 Å². The standard InChI is InChI=1S/C13H18BrNO/c1-13(2,11-7-5-4-6-8-11)12(16)15(3)10-9-14/h4-8H,9-10H2,1-3H3. The Labute approximate surface area is 106 Å². The first-order chi connectivity index (χ1) is 7.50. The Balaban J connectivity index is 2.89. The predicted molar refractivity (Wildman–Crippen MR) is 70.9 cm³/mol. The lowest BCUT2D eigenvalue weighted by Gasteiger charge is -2.29. The number of rotatable bonds is 4. The molecule has 16 heavy (non-hydrogen) atoms. The largest absolute Gasteiger partial charge is 0.344 e. The van der Waals surface area contributed by atoms with Crippen molar-refractivity contribution in [3.8, 4) is 0 Å². The molecule has 0 spiro atoms. The van der Waals surface area contributed by atoms with Gasteiger partial charge in [0.2, 0.25) is 5.91 Å². The summed E-state index contributed by atoms with van der Waals surface area (Å²) in [6.45, 7) is 4.67. The van der Waals surface area contributed by atoms with Crippen LogP contribution in [-0.2, 0) is 10.2 Å². The van der Waals surface area contributed by atoms with Crippen LogP contribution >= 0.6 is 15.9 Å². The van der Waals surface area contributed by atoms with Gasteiger partial charge in [-0.3, -0.25) is 4.79 Å². The first kappa shape index (κ1) is 13.2. The van der Waals surface area contributed by atoms with Gasteiger partial charge >= 0.3 is 0 Å². The third kappa shape index (κ3) is 2.85. The number of benzene rings is 1. The summed E-state index contributed by atoms with van der Waals surface area (Å²) in [5.41, 5.74) is 0.597. The third-order valence-electron chi connectivity index (χ3n) is 2.80. The highest BCUT2D eigenvalue weighted by Crippen LogP contribution is 2.24. The summed E-state index contributed by atoms with van der Waals surface area (Å²) in [6, 6.07) is 9.90. The molecule has 0 heterocycles. The van der Waals surface area contributed by atoms with Gasteiger partial charge in [-0.2, -0.15) is 0 Å². The summed E-state index contributed by atoms with van der Waals surface area (Å²) < 4.78 is 0. The van der Waals surface area contributed by atoms with Crippen molar-refractivity contribution in [3.63, 3.8) is 0 Å². The van der Waals surface area contributed by atoms with Gasteiger partial charge in [-0.05, 0) is 19.4 Å². The second-order valence-corrected chi connectivity index (χ2v) is 5.20. The highest BCUT2D eigenvalue weighted by Gasteiger charge is 2.31. The van der Waals surface area contributed by atoms with E-state index in [2.05, 4.69) is 15.9 Å². The lowest BCUT2D eigenvalue weighted by Crippen LogP contribution is -2.42. The maximum Gasteiger partial charge on any atom is 0.232 e. The summed E-state index contributed by atoms with van der Waals surface area (Å²) in [4.78, 5) is 14.0. The maximum atomic E-state index is 12.3. The van der Waals surface area contributed by atoms with E-state index in [1.807, 2.05) is 51.2 Å². The van der Waals surface area contributed by atoms with Crippen LogP contribution in [-0.4, -0.2) is 29.7 Å². The molecular formula is C13H18BrNO. The molecule has 1 rings (SSSR count). The van der Waals surface area contributed by atoms with Gasteiger partial charge < -0.3 is 4.90 Å². The Bertz CT molecular complexity index is 348. The third-order valence-corrected chi connectivity index (χ3v) is 3.15. The van der Waals surface area contributed by atoms with Crippen molar-refractivity contribution in [1.82, 2.24) is 4.90 Å². The molecule has 3 heteroatoms. The molecule has 1 aromatic carbocycles. The topological polar surface area (TPSA) is 20.3 Å². The number of amides is 1. The van der Waals surface area contributed by atoms with E-state index in [-0.39, 0.29) is 5.91 Å². The number of carbonyl (C=O) groups is 1. The molecule has 2 nitrogen and oxygen atoms in total. The van der Waals surface area contributed by atoms with Crippen molar-refractivity contribution >= 4 is 21.8 Å². The molecule has 0 aliphatic rings. The molecule has 0 N–H and O–H groups in total. The molecule has 0 aromatic heterocycles. The van der Waals surface area contributed by atoms with E-state index >= 15 is 0 Å². The minimum Gasteiger partial charge on any atom is -0.344 e. The molecule has 1 amide bonds. The van der Waals surface area contributed by atoms with E-state index in [1.165, 1.54) is 0 Å². The van der Waals surface area contributed by atoms with Gasteiger partial charge in [0.25, 0.3) is 0 Å². The fraction of sp³-hybridized carbons (Fsp3) is 0.462. The second kappa shape index (κ2) is 5.48. The smallest absolute Gasteiger partial charge is 0.232 e. The van der Waals surface area contributed by atoms with Crippen LogP contribution in [0.4, 0.5) is 0 Å². The molecule has 0 fully saturated rings. The molecule has 0 aliphatic heterocycles. The zero-order valence-electron chi connectivity index (χ0n) is 10.0. The predicted octanol–water partition coefficient (Wildman–Crippen LogP) is 2.82. The van der Waals surface area contributed by atoms with Crippen LogP contribution < -0.4 is 0 Å². The van der Waals surface area contributed by atoms with Crippen molar-refractivity contribution in [2.24, 2.45) is 0 Å². The Morgan fingerprint density at radius 1 is 1.31 bits per heavy atom. The SMILES string of the molecule is CN(CCBr)C(=O)C(C)(C)c1ccccc1. The molecule has 0 saturated heterocycles. The maximum absolute atomic E-state index is 12.3. The summed E-state index contributed by atoms with van der Waals surface area (Å²) >= 11 is 3.35. The number of carbonyl (C=O) groups excluding carboxylic acids is 1. The van der Waals surface area contributed by atoms with E-state index in [0.29, 0.717) is 0 Å². The van der Waals surface area contributed by atoms with Crippen molar-refractivity contribution in [2.75, 3.05) is 18.9 Å². The van der Waals surface area contributed by atoms with E-state index in [1.54, 1.807) is 4.90 Å². The van der Waals surface area contributed by atoms with Crippen molar-refractivity contribution in [2.45, 2.75) is 19.3 Å². The van der Waals surface area contributed by atoms with Gasteiger partial charge in [0.15, 0.2) is 0 Å². The molecule has 0 atom stereocenters. The van der Waals surface area contributed by atoms with Gasteiger partial charge in [-0.1, -0.05) is 46.3 Å². The molecule has 0 bridgehead atoms. The van der Waals surface area contributed by atoms with Gasteiger partial charge in [0.05, 0.1) is 5.41 Å². The van der Waals surface area contributed by atoms with Gasteiger partial charge in [0.1, 0.15) is 0 Å². The molecular weight excluding hydrogens is 266 g/mol. The number of hydrogen-bond acceptors (Lipinski definition) is 1. The Kier molecular flexibility index (Phi) is 4.54. The van der Waals surface area contributed by atoms with Gasteiger partial charge in [-0.25, -0.2) is 0 Å². The average Bonchev–Trinajstić information content (AvgIpc) is 2.29. The molecule has 0 radical (unpaired) electrons. The van der Waals surface area contributed by atoms with E-state index < -0.39 is 5.41 Å². The number of nitrogens with zero attached hydrogens (tertiary/aromatic N) is 1. The van der Waals surface area contributed by atoms with Crippen molar-refractivity contribution < 1.29 is 4.79 Å². The first-order valence-electron chi connectivity index (χ1n) is 5.37. The van der Waals surface area contributed by atoms with Crippen LogP contribution in [0.3, 0.4) is 0 Å². The Hall–Kier alpha value is -0.830. The summed E-state index contributed by atoms with van der Waals surface area (Å²) in [7, 11) is 1.84. The highest BCUT2D eigenvalue weighted by molar-refractivity contribution is 9.09. The highest BCUT2D eigenvalue weighted by atomic mass is 79.9. The average molecular weight is 284 g/mol. The minimum atomic E-state index is -0.460. The zero-order chi connectivity index (χ0) is 12.2. The Morgan fingerprint density at radius 2 is 1.88 bits per heavy atom. The molecule has 0 aliphatic carbocycles. The number of alkyl halides is 1. The van der Waals surface area contributed by atoms with Crippen LogP contribution in [0, 0.1) is 0 Å². The van der Waals surface area contributed by atoms with E-state index in [9.17, 15) is 4.79 Å². The van der Waals surface area contributed by atoms with Crippen LogP contribution in [0.25, 0.3) is 0 Å². The Morgan fingerprint density at radius 3 is 2.38 bits per heavy atom. The molecule has 0 unspecified atom stereocenters. The van der Waals surface area contributed by atoms with Crippen LogP contribution in [0.1, 0.15) is 19.4 Å². The van der Waals surface area contributed by atoms with Crippen molar-refractivity contribution in [1.29, 1.82) is 0 Å². The number of halogens is 1. The summed E-state index contributed by atoms with van der Waals surface area (Å²) in [5, 5.41) is 0.806. The normalized spacial score (nSPS) is 11.2. The fourth-order valence-corrected chi connectivity index (χ4v) is 2.22. The zero-order valence-corrected chi connectivity index (χ0v) is 11.6.